The molecule has 2 aliphatic rings. The molecule has 2 atom stereocenters. The highest BCUT2D eigenvalue weighted by atomic mass is 19.4. The van der Waals surface area contributed by atoms with Gasteiger partial charge in [-0.25, -0.2) is 23.5 Å². The average molecular weight is 472 g/mol. The van der Waals surface area contributed by atoms with Crippen LogP contribution in [-0.4, -0.2) is 56.7 Å². The summed E-state index contributed by atoms with van der Waals surface area (Å²) in [4.78, 5) is 34.3. The number of likely N-dealkylation sites (tertiary alicyclic amines) is 1. The van der Waals surface area contributed by atoms with Gasteiger partial charge in [0.1, 0.15) is 11.6 Å². The maximum Gasteiger partial charge on any atom is 0.490 e. The molecule has 0 radical (unpaired) electrons. The number of benzene rings is 1. The number of aliphatic carboxylic acids is 1. The lowest BCUT2D eigenvalue weighted by atomic mass is 10.1. The number of amides is 1. The van der Waals surface area contributed by atoms with E-state index in [-0.39, 0.29) is 24.5 Å². The normalized spacial score (nSPS) is 19.9. The molecule has 33 heavy (non-hydrogen) atoms. The van der Waals surface area contributed by atoms with Crippen molar-refractivity contribution in [1.82, 2.24) is 14.9 Å². The molecular weight excluding hydrogens is 451 g/mol. The molecule has 2 saturated heterocycles. The second kappa shape index (κ2) is 9.28. The molecule has 178 valence electrons. The van der Waals surface area contributed by atoms with Crippen molar-refractivity contribution in [3.8, 4) is 0 Å². The van der Waals surface area contributed by atoms with E-state index in [9.17, 15) is 26.7 Å². The third kappa shape index (κ3) is 5.74. The number of anilines is 1. The first-order valence-corrected chi connectivity index (χ1v) is 9.98. The zero-order valence-corrected chi connectivity index (χ0v) is 17.7. The second-order valence-electron chi connectivity index (χ2n) is 7.87. The molecule has 0 spiro atoms. The van der Waals surface area contributed by atoms with E-state index in [1.165, 1.54) is 12.1 Å². The summed E-state index contributed by atoms with van der Waals surface area (Å²) in [6.07, 6.45) is -3.91. The third-order valence-electron chi connectivity index (χ3n) is 5.36. The first-order valence-electron chi connectivity index (χ1n) is 9.98. The van der Waals surface area contributed by atoms with Gasteiger partial charge in [-0.2, -0.15) is 13.2 Å². The molecule has 0 bridgehead atoms. The van der Waals surface area contributed by atoms with Crippen molar-refractivity contribution in [2.45, 2.75) is 51.5 Å². The highest BCUT2D eigenvalue weighted by Gasteiger charge is 2.47. The quantitative estimate of drug-likeness (QED) is 0.690. The van der Waals surface area contributed by atoms with Gasteiger partial charge < -0.3 is 14.9 Å². The highest BCUT2D eigenvalue weighted by molar-refractivity contribution is 5.81. The zero-order valence-electron chi connectivity index (χ0n) is 17.7. The SMILES string of the molecule is Cc1cc(C)nc(N2CC[C@H]3[C@@H]2CC(=O)N3Cc2cc(F)cc(F)c2)n1.O=C(O)C(F)(F)F. The molecule has 0 unspecified atom stereocenters. The summed E-state index contributed by atoms with van der Waals surface area (Å²) in [5.41, 5.74) is 2.26. The molecule has 4 rings (SSSR count). The van der Waals surface area contributed by atoms with Crippen LogP contribution in [0, 0.1) is 25.5 Å². The predicted octanol–water partition coefficient (Wildman–Crippen LogP) is 3.38. The third-order valence-corrected chi connectivity index (χ3v) is 5.36. The topological polar surface area (TPSA) is 86.6 Å². The maximum absolute atomic E-state index is 13.5. The Morgan fingerprint density at radius 2 is 1.61 bits per heavy atom. The molecular formula is C21H21F5N4O3. The van der Waals surface area contributed by atoms with Crippen molar-refractivity contribution in [3.63, 3.8) is 0 Å². The summed E-state index contributed by atoms with van der Waals surface area (Å²) in [6.45, 7) is 4.84. The number of aromatic nitrogens is 2. The molecule has 0 aliphatic carbocycles. The van der Waals surface area contributed by atoms with Crippen LogP contribution >= 0.6 is 0 Å². The number of hydrogen-bond acceptors (Lipinski definition) is 5. The lowest BCUT2D eigenvalue weighted by Crippen LogP contribution is -2.37. The molecule has 0 saturated carbocycles. The van der Waals surface area contributed by atoms with E-state index >= 15 is 0 Å². The number of fused-ring (bicyclic) bond motifs is 1. The molecule has 7 nitrogen and oxygen atoms in total. The Morgan fingerprint density at radius 3 is 2.12 bits per heavy atom. The largest absolute Gasteiger partial charge is 0.490 e. The van der Waals surface area contributed by atoms with Gasteiger partial charge in [0.2, 0.25) is 11.9 Å². The van der Waals surface area contributed by atoms with E-state index in [1.54, 1.807) is 4.90 Å². The van der Waals surface area contributed by atoms with Crippen LogP contribution in [-0.2, 0) is 16.1 Å². The van der Waals surface area contributed by atoms with E-state index < -0.39 is 23.8 Å². The first kappa shape index (κ1) is 24.3. The molecule has 2 aliphatic heterocycles. The van der Waals surface area contributed by atoms with E-state index in [0.29, 0.717) is 17.9 Å². The van der Waals surface area contributed by atoms with Crippen LogP contribution in [0.4, 0.5) is 27.9 Å². The Balaban J connectivity index is 0.000000383. The van der Waals surface area contributed by atoms with Crippen LogP contribution in [0.1, 0.15) is 29.8 Å². The van der Waals surface area contributed by atoms with Crippen molar-refractivity contribution in [1.29, 1.82) is 0 Å². The molecule has 12 heteroatoms. The van der Waals surface area contributed by atoms with Crippen molar-refractivity contribution < 1.29 is 36.6 Å². The predicted molar refractivity (Wildman–Crippen MR) is 106 cm³/mol. The first-order chi connectivity index (χ1) is 15.3. The molecule has 1 aromatic heterocycles. The lowest BCUT2D eigenvalue weighted by Gasteiger charge is -2.25. The van der Waals surface area contributed by atoms with Crippen molar-refractivity contribution >= 4 is 17.8 Å². The van der Waals surface area contributed by atoms with E-state index in [0.717, 1.165) is 30.4 Å². The molecule has 1 N–H and O–H groups in total. The number of hydrogen-bond donors (Lipinski definition) is 1. The fourth-order valence-corrected chi connectivity index (χ4v) is 4.12. The van der Waals surface area contributed by atoms with Gasteiger partial charge in [0.15, 0.2) is 0 Å². The van der Waals surface area contributed by atoms with E-state index in [1.807, 2.05) is 19.9 Å². The van der Waals surface area contributed by atoms with Gasteiger partial charge in [0, 0.05) is 37.0 Å². The Morgan fingerprint density at radius 1 is 1.06 bits per heavy atom. The fraction of sp³-hybridized carbons (Fsp3) is 0.429. The van der Waals surface area contributed by atoms with Crippen LogP contribution in [0.3, 0.4) is 0 Å². The van der Waals surface area contributed by atoms with Crippen LogP contribution in [0.2, 0.25) is 0 Å². The summed E-state index contributed by atoms with van der Waals surface area (Å²) in [5, 5.41) is 7.12. The Hall–Kier alpha value is -3.31. The van der Waals surface area contributed by atoms with Gasteiger partial charge in [-0.05, 0) is 44.0 Å². The van der Waals surface area contributed by atoms with Crippen LogP contribution < -0.4 is 4.90 Å². The summed E-state index contributed by atoms with van der Waals surface area (Å²) in [5.74, 6) is -3.35. The minimum Gasteiger partial charge on any atom is -0.475 e. The minimum atomic E-state index is -5.08. The summed E-state index contributed by atoms with van der Waals surface area (Å²) < 4.78 is 58.7. The second-order valence-corrected chi connectivity index (χ2v) is 7.87. The molecule has 1 aromatic carbocycles. The molecule has 2 aromatic rings. The minimum absolute atomic E-state index is 0.00116. The summed E-state index contributed by atoms with van der Waals surface area (Å²) >= 11 is 0. The number of alkyl halides is 3. The number of carboxylic acid groups (broad SMARTS) is 1. The van der Waals surface area contributed by atoms with Crippen LogP contribution in [0.5, 0.6) is 0 Å². The molecule has 1 amide bonds. The molecule has 3 heterocycles. The van der Waals surface area contributed by atoms with Crippen LogP contribution in [0.25, 0.3) is 0 Å². The number of aryl methyl sites for hydroxylation is 2. The number of carbonyl (C=O) groups excluding carboxylic acids is 1. The monoisotopic (exact) mass is 472 g/mol. The Kier molecular flexibility index (Phi) is 6.84. The van der Waals surface area contributed by atoms with Gasteiger partial charge in [0.25, 0.3) is 0 Å². The van der Waals surface area contributed by atoms with E-state index in [4.69, 9.17) is 9.90 Å². The number of rotatable bonds is 3. The van der Waals surface area contributed by atoms with Gasteiger partial charge in [-0.15, -0.1) is 0 Å². The highest BCUT2D eigenvalue weighted by Crippen LogP contribution is 2.35. The van der Waals surface area contributed by atoms with Crippen LogP contribution in [0.15, 0.2) is 24.3 Å². The lowest BCUT2D eigenvalue weighted by molar-refractivity contribution is -0.192. The average Bonchev–Trinajstić information content (AvgIpc) is 3.19. The number of halogens is 5. The smallest absolute Gasteiger partial charge is 0.475 e. The maximum atomic E-state index is 13.5. The van der Waals surface area contributed by atoms with Gasteiger partial charge in [-0.3, -0.25) is 4.79 Å². The van der Waals surface area contributed by atoms with Crippen molar-refractivity contribution in [2.75, 3.05) is 11.4 Å². The van der Waals surface area contributed by atoms with Crippen molar-refractivity contribution in [2.24, 2.45) is 0 Å². The zero-order chi connectivity index (χ0) is 24.5. The summed E-state index contributed by atoms with van der Waals surface area (Å²) in [6, 6.07) is 5.33. The van der Waals surface area contributed by atoms with Gasteiger partial charge in [0.05, 0.1) is 12.1 Å². The Bertz CT molecular complexity index is 1020. The number of carboxylic acids is 1. The number of nitrogens with zero attached hydrogens (tertiary/aromatic N) is 4. The van der Waals surface area contributed by atoms with Gasteiger partial charge >= 0.3 is 12.1 Å². The Labute approximate surface area is 185 Å². The molecule has 2 fully saturated rings. The fourth-order valence-electron chi connectivity index (χ4n) is 4.12. The summed E-state index contributed by atoms with van der Waals surface area (Å²) in [7, 11) is 0. The van der Waals surface area contributed by atoms with E-state index in [2.05, 4.69) is 14.9 Å². The van der Waals surface area contributed by atoms with Gasteiger partial charge in [-0.1, -0.05) is 0 Å². The number of carbonyl (C=O) groups is 2. The standard InChI is InChI=1S/C19H20F2N4O.C2HF3O2/c1-11-5-12(2)23-19(22-11)24-4-3-16-17(24)9-18(26)25(16)10-13-6-14(20)8-15(21)7-13;3-2(4,5)1(6)7/h5-8,16-17H,3-4,9-10H2,1-2H3;(H,6,7)/t16-,17-;/m0./s1. The van der Waals surface area contributed by atoms with Crippen molar-refractivity contribution in [3.05, 3.63) is 52.9 Å².